The van der Waals surface area contributed by atoms with Crippen molar-refractivity contribution in [2.75, 3.05) is 0 Å². The van der Waals surface area contributed by atoms with E-state index in [1.165, 1.54) is 44.1 Å². The summed E-state index contributed by atoms with van der Waals surface area (Å²) in [6.07, 6.45) is 15.1. The van der Waals surface area contributed by atoms with E-state index < -0.39 is 28.3 Å². The molecule has 0 saturated heterocycles. The Morgan fingerprint density at radius 1 is 0.886 bits per heavy atom. The van der Waals surface area contributed by atoms with E-state index in [2.05, 4.69) is 93.7 Å². The second-order valence-corrected chi connectivity index (χ2v) is 28.6. The van der Waals surface area contributed by atoms with Crippen molar-refractivity contribution in [2.24, 2.45) is 23.2 Å². The summed E-state index contributed by atoms with van der Waals surface area (Å²) in [7, 11) is -4.14. The van der Waals surface area contributed by atoms with Gasteiger partial charge in [0.15, 0.2) is 16.6 Å². The van der Waals surface area contributed by atoms with Gasteiger partial charge in [-0.1, -0.05) is 91.5 Å². The zero-order valence-corrected chi connectivity index (χ0v) is 33.4. The zero-order valence-electron chi connectivity index (χ0n) is 31.4. The van der Waals surface area contributed by atoms with Crippen LogP contribution in [0.3, 0.4) is 0 Å². The van der Waals surface area contributed by atoms with E-state index in [9.17, 15) is 10.2 Å². The van der Waals surface area contributed by atoms with Crippen molar-refractivity contribution in [1.29, 1.82) is 0 Å². The molecule has 0 spiro atoms. The van der Waals surface area contributed by atoms with Crippen molar-refractivity contribution in [1.82, 2.24) is 0 Å². The third-order valence-corrected chi connectivity index (χ3v) is 21.9. The van der Waals surface area contributed by atoms with E-state index in [1.807, 2.05) is 13.8 Å². The Hall–Kier alpha value is -0.246. The Morgan fingerprint density at radius 2 is 1.41 bits per heavy atom. The minimum Gasteiger partial charge on any atom is -0.411 e. The van der Waals surface area contributed by atoms with Gasteiger partial charge < -0.3 is 19.1 Å². The Bertz CT molecular complexity index is 985. The monoisotopic (exact) mass is 648 g/mol. The first-order valence-corrected chi connectivity index (χ1v) is 23.8. The van der Waals surface area contributed by atoms with Gasteiger partial charge in [-0.2, -0.15) is 0 Å². The van der Waals surface area contributed by atoms with E-state index in [1.54, 1.807) is 5.57 Å². The predicted octanol–water partition coefficient (Wildman–Crippen LogP) is 10.6. The summed E-state index contributed by atoms with van der Waals surface area (Å²) in [6, 6.07) is 0. The SMILES string of the molecule is C[C@@H](CCCC(C)(C)O)C1CCC2C(=CC=C3C[C@@H](O[Si](C)(C)C(C)(C)C)C(O)[C@H](O[Si](C)(C)C(C)(C)C)C3)CCCC21C. The van der Waals surface area contributed by atoms with Crippen molar-refractivity contribution in [2.45, 2.75) is 194 Å². The van der Waals surface area contributed by atoms with E-state index >= 15 is 0 Å². The zero-order chi connectivity index (χ0) is 33.5. The largest absolute Gasteiger partial charge is 0.411 e. The van der Waals surface area contributed by atoms with Crippen molar-refractivity contribution in [3.63, 3.8) is 0 Å². The quantitative estimate of drug-likeness (QED) is 0.231. The lowest BCUT2D eigenvalue weighted by Gasteiger charge is -2.47. The van der Waals surface area contributed by atoms with Gasteiger partial charge in [0.2, 0.25) is 0 Å². The highest BCUT2D eigenvalue weighted by atomic mass is 28.4. The summed E-state index contributed by atoms with van der Waals surface area (Å²) in [5.41, 5.74) is 2.83. The third-order valence-electron chi connectivity index (χ3n) is 12.9. The smallest absolute Gasteiger partial charge is 0.192 e. The molecule has 0 aromatic rings. The molecule has 3 fully saturated rings. The van der Waals surface area contributed by atoms with Crippen LogP contribution in [0.25, 0.3) is 0 Å². The van der Waals surface area contributed by atoms with Gasteiger partial charge in [0.25, 0.3) is 0 Å². The van der Waals surface area contributed by atoms with Crippen LogP contribution in [0.5, 0.6) is 0 Å². The fourth-order valence-electron chi connectivity index (χ4n) is 8.05. The highest BCUT2D eigenvalue weighted by molar-refractivity contribution is 6.74. The van der Waals surface area contributed by atoms with Crippen LogP contribution in [-0.2, 0) is 8.85 Å². The molecular weight excluding hydrogens is 577 g/mol. The molecular formula is C38H72O4Si2. The summed E-state index contributed by atoms with van der Waals surface area (Å²) >= 11 is 0. The second-order valence-electron chi connectivity index (χ2n) is 19.1. The molecule has 44 heavy (non-hydrogen) atoms. The van der Waals surface area contributed by atoms with Crippen LogP contribution >= 0.6 is 0 Å². The Balaban J connectivity index is 1.85. The van der Waals surface area contributed by atoms with Crippen LogP contribution in [-0.4, -0.2) is 50.8 Å². The number of aliphatic hydroxyl groups is 2. The first-order valence-electron chi connectivity index (χ1n) is 18.0. The van der Waals surface area contributed by atoms with Crippen molar-refractivity contribution in [3.05, 3.63) is 23.3 Å². The van der Waals surface area contributed by atoms with Crippen molar-refractivity contribution in [3.8, 4) is 0 Å². The second kappa shape index (κ2) is 13.7. The molecule has 3 saturated carbocycles. The molecule has 6 heteroatoms. The normalized spacial score (nSPS) is 32.6. The highest BCUT2D eigenvalue weighted by Crippen LogP contribution is 2.60. The highest BCUT2D eigenvalue weighted by Gasteiger charge is 2.51. The van der Waals surface area contributed by atoms with Crippen LogP contribution in [0, 0.1) is 23.2 Å². The topological polar surface area (TPSA) is 58.9 Å². The maximum absolute atomic E-state index is 11.7. The minimum atomic E-state index is -2.07. The Labute approximate surface area is 275 Å². The molecule has 0 aliphatic heterocycles. The molecule has 0 heterocycles. The molecule has 0 radical (unpaired) electrons. The van der Waals surface area contributed by atoms with Gasteiger partial charge in [0.1, 0.15) is 6.10 Å². The standard InChI is InChI=1S/C38H72O4Si2/c1-27(17-15-23-37(8,9)40)30-21-22-31-29(18-16-24-38(30,31)10)20-19-28-25-32(41-43(11,12)35(2,3)4)34(39)33(26-28)42-44(13,14)36(5,6)7/h19-20,27,30-34,39-40H,15-18,21-26H2,1-14H3/t27-,30?,31?,32+,33+,34?,38?/m0/s1. The molecule has 2 N–H and O–H groups in total. The number of hydrogen-bond donors (Lipinski definition) is 2. The van der Waals surface area contributed by atoms with Gasteiger partial charge in [-0.05, 0) is 125 Å². The van der Waals surface area contributed by atoms with E-state index in [0.29, 0.717) is 17.3 Å². The van der Waals surface area contributed by atoms with Gasteiger partial charge in [0, 0.05) is 0 Å². The number of allylic oxidation sites excluding steroid dienone is 3. The van der Waals surface area contributed by atoms with E-state index in [0.717, 1.165) is 31.6 Å². The van der Waals surface area contributed by atoms with Crippen LogP contribution in [0.15, 0.2) is 23.3 Å². The third kappa shape index (κ3) is 9.01. The maximum Gasteiger partial charge on any atom is 0.192 e. The molecule has 0 aromatic carbocycles. The molecule has 3 rings (SSSR count). The first kappa shape index (κ1) is 38.2. The number of fused-ring (bicyclic) bond motifs is 1. The van der Waals surface area contributed by atoms with Gasteiger partial charge in [0.05, 0.1) is 17.8 Å². The summed E-state index contributed by atoms with van der Waals surface area (Å²) < 4.78 is 13.9. The van der Waals surface area contributed by atoms with E-state index in [-0.39, 0.29) is 22.3 Å². The average Bonchev–Trinajstić information content (AvgIpc) is 3.20. The fourth-order valence-corrected chi connectivity index (χ4v) is 10.7. The van der Waals surface area contributed by atoms with Crippen molar-refractivity contribution >= 4 is 16.6 Å². The van der Waals surface area contributed by atoms with Crippen molar-refractivity contribution < 1.29 is 19.1 Å². The summed E-state index contributed by atoms with van der Waals surface area (Å²) in [4.78, 5) is 0. The Morgan fingerprint density at radius 3 is 1.89 bits per heavy atom. The predicted molar refractivity (Wildman–Crippen MR) is 193 cm³/mol. The Kier molecular flexibility index (Phi) is 11.9. The van der Waals surface area contributed by atoms with Crippen LogP contribution in [0.4, 0.5) is 0 Å². The molecule has 4 nitrogen and oxygen atoms in total. The molecule has 256 valence electrons. The van der Waals surface area contributed by atoms with E-state index in [4.69, 9.17) is 8.85 Å². The maximum atomic E-state index is 11.7. The lowest BCUT2D eigenvalue weighted by molar-refractivity contribution is -0.0604. The van der Waals surface area contributed by atoms with Gasteiger partial charge in [-0.3, -0.25) is 0 Å². The number of rotatable bonds is 10. The lowest BCUT2D eigenvalue weighted by Crippen LogP contribution is -2.55. The van der Waals surface area contributed by atoms with Gasteiger partial charge >= 0.3 is 0 Å². The molecule has 3 aliphatic carbocycles. The average molecular weight is 649 g/mol. The molecule has 6 atom stereocenters. The van der Waals surface area contributed by atoms with Gasteiger partial charge in [-0.25, -0.2) is 0 Å². The van der Waals surface area contributed by atoms with Crippen LogP contribution in [0.1, 0.15) is 133 Å². The minimum absolute atomic E-state index is 0.0861. The molecule has 3 unspecified atom stereocenters. The van der Waals surface area contributed by atoms with Crippen LogP contribution < -0.4 is 0 Å². The molecule has 0 amide bonds. The van der Waals surface area contributed by atoms with Crippen LogP contribution in [0.2, 0.25) is 36.3 Å². The molecule has 0 aromatic heterocycles. The first-order chi connectivity index (χ1) is 19.9. The molecule has 0 bridgehead atoms. The summed E-state index contributed by atoms with van der Waals surface area (Å²) in [5.74, 6) is 2.13. The fraction of sp³-hybridized carbons (Fsp3) is 0.895. The molecule has 3 aliphatic rings. The number of aliphatic hydroxyl groups excluding tert-OH is 1. The van der Waals surface area contributed by atoms with Gasteiger partial charge in [-0.15, -0.1) is 0 Å². The number of hydrogen-bond acceptors (Lipinski definition) is 4. The lowest BCUT2D eigenvalue weighted by atomic mass is 9.60. The summed E-state index contributed by atoms with van der Waals surface area (Å²) in [6.45, 7) is 31.8. The summed E-state index contributed by atoms with van der Waals surface area (Å²) in [5, 5.41) is 22.1.